The number of likely N-dealkylation sites (tertiary alicyclic amines) is 1. The Hall–Kier alpha value is -1.79. The zero-order valence-electron chi connectivity index (χ0n) is 14.5. The lowest BCUT2D eigenvalue weighted by molar-refractivity contribution is 0.241. The van der Waals surface area contributed by atoms with Crippen molar-refractivity contribution in [3.63, 3.8) is 0 Å². The van der Waals surface area contributed by atoms with Gasteiger partial charge in [-0.2, -0.15) is 5.10 Å². The second-order valence-corrected chi connectivity index (χ2v) is 6.72. The Balaban J connectivity index is 1.85. The van der Waals surface area contributed by atoms with Crippen molar-refractivity contribution in [3.05, 3.63) is 41.2 Å². The third-order valence-electron chi connectivity index (χ3n) is 4.33. The van der Waals surface area contributed by atoms with Gasteiger partial charge in [0.05, 0.1) is 17.9 Å². The summed E-state index contributed by atoms with van der Waals surface area (Å²) in [6.07, 6.45) is 8.44. The molecular formula is C17H26N6. The molecule has 1 fully saturated rings. The van der Waals surface area contributed by atoms with Gasteiger partial charge >= 0.3 is 0 Å². The van der Waals surface area contributed by atoms with Crippen LogP contribution in [0.15, 0.2) is 18.6 Å². The second-order valence-electron chi connectivity index (χ2n) is 6.72. The first kappa shape index (κ1) is 16.1. The normalized spacial score (nSPS) is 18.9. The van der Waals surface area contributed by atoms with E-state index >= 15 is 0 Å². The first-order valence-corrected chi connectivity index (χ1v) is 8.21. The molecule has 23 heavy (non-hydrogen) atoms. The molecule has 1 saturated heterocycles. The lowest BCUT2D eigenvalue weighted by Gasteiger charge is -2.26. The second kappa shape index (κ2) is 6.76. The van der Waals surface area contributed by atoms with Gasteiger partial charge in [-0.15, -0.1) is 0 Å². The lowest BCUT2D eigenvalue weighted by atomic mass is 10.1. The van der Waals surface area contributed by atoms with Crippen LogP contribution >= 0.6 is 0 Å². The zero-order chi connectivity index (χ0) is 16.4. The van der Waals surface area contributed by atoms with Crippen molar-refractivity contribution in [2.75, 3.05) is 20.6 Å². The number of nitrogens with zero attached hydrogens (tertiary/aromatic N) is 6. The summed E-state index contributed by atoms with van der Waals surface area (Å²) >= 11 is 0. The van der Waals surface area contributed by atoms with E-state index in [4.69, 9.17) is 4.98 Å². The molecule has 0 aromatic carbocycles. The average Bonchev–Trinajstić information content (AvgIpc) is 3.10. The summed E-state index contributed by atoms with van der Waals surface area (Å²) < 4.78 is 1.87. The van der Waals surface area contributed by atoms with Gasteiger partial charge in [0.1, 0.15) is 5.82 Å². The van der Waals surface area contributed by atoms with Gasteiger partial charge in [0.15, 0.2) is 0 Å². The first-order chi connectivity index (χ1) is 11.0. The molecule has 1 unspecified atom stereocenters. The van der Waals surface area contributed by atoms with E-state index in [2.05, 4.69) is 40.2 Å². The minimum Gasteiger partial charge on any atom is -0.305 e. The van der Waals surface area contributed by atoms with E-state index < -0.39 is 0 Å². The fraction of sp³-hybridized carbons (Fsp3) is 0.588. The van der Waals surface area contributed by atoms with Gasteiger partial charge in [-0.25, -0.2) is 9.97 Å². The van der Waals surface area contributed by atoms with E-state index in [1.165, 1.54) is 23.2 Å². The molecule has 0 radical (unpaired) electrons. The molecular weight excluding hydrogens is 288 g/mol. The Labute approximate surface area is 138 Å². The quantitative estimate of drug-likeness (QED) is 0.844. The van der Waals surface area contributed by atoms with E-state index in [0.717, 1.165) is 31.9 Å². The smallest absolute Gasteiger partial charge is 0.125 e. The molecule has 6 heteroatoms. The largest absolute Gasteiger partial charge is 0.305 e. The summed E-state index contributed by atoms with van der Waals surface area (Å²) in [5.41, 5.74) is 3.70. The van der Waals surface area contributed by atoms with Crippen molar-refractivity contribution < 1.29 is 0 Å². The average molecular weight is 314 g/mol. The number of aromatic nitrogens is 4. The Bertz CT molecular complexity index is 663. The summed E-state index contributed by atoms with van der Waals surface area (Å²) in [5.74, 6) is 0.857. The minimum atomic E-state index is 0.381. The molecule has 1 atom stereocenters. The van der Waals surface area contributed by atoms with E-state index in [0.29, 0.717) is 6.04 Å². The van der Waals surface area contributed by atoms with E-state index in [-0.39, 0.29) is 0 Å². The molecule has 0 bridgehead atoms. The first-order valence-electron chi connectivity index (χ1n) is 8.21. The molecule has 3 heterocycles. The van der Waals surface area contributed by atoms with Crippen LogP contribution < -0.4 is 0 Å². The minimum absolute atomic E-state index is 0.381. The lowest BCUT2D eigenvalue weighted by Crippen LogP contribution is -2.25. The number of aryl methyl sites for hydroxylation is 2. The van der Waals surface area contributed by atoms with E-state index in [1.807, 2.05) is 31.0 Å². The summed E-state index contributed by atoms with van der Waals surface area (Å²) in [5, 5.41) is 4.29. The summed E-state index contributed by atoms with van der Waals surface area (Å²) in [6.45, 7) is 4.91. The third kappa shape index (κ3) is 3.76. The molecule has 2 aromatic heterocycles. The molecule has 0 spiro atoms. The van der Waals surface area contributed by atoms with Gasteiger partial charge in [-0.1, -0.05) is 0 Å². The molecule has 2 aromatic rings. The Kier molecular flexibility index (Phi) is 4.73. The van der Waals surface area contributed by atoms with Crippen LogP contribution in [0.5, 0.6) is 0 Å². The van der Waals surface area contributed by atoms with Crippen molar-refractivity contribution in [3.8, 4) is 0 Å². The molecule has 0 amide bonds. The molecule has 3 rings (SSSR count). The molecule has 1 aliphatic rings. The van der Waals surface area contributed by atoms with Crippen molar-refractivity contribution in [1.29, 1.82) is 0 Å². The summed E-state index contributed by atoms with van der Waals surface area (Å²) in [6, 6.07) is 0.381. The van der Waals surface area contributed by atoms with Crippen LogP contribution in [0.2, 0.25) is 0 Å². The third-order valence-corrected chi connectivity index (χ3v) is 4.33. The predicted octanol–water partition coefficient (Wildman–Crippen LogP) is 1.92. The van der Waals surface area contributed by atoms with Crippen molar-refractivity contribution in [1.82, 2.24) is 29.5 Å². The van der Waals surface area contributed by atoms with Crippen LogP contribution in [0.3, 0.4) is 0 Å². The fourth-order valence-corrected chi connectivity index (χ4v) is 3.38. The molecule has 124 valence electrons. The number of rotatable bonds is 5. The maximum atomic E-state index is 4.80. The van der Waals surface area contributed by atoms with Crippen LogP contribution in [-0.4, -0.2) is 50.2 Å². The van der Waals surface area contributed by atoms with Gasteiger partial charge in [0.25, 0.3) is 0 Å². The van der Waals surface area contributed by atoms with Crippen molar-refractivity contribution in [2.24, 2.45) is 7.05 Å². The Morgan fingerprint density at radius 1 is 1.30 bits per heavy atom. The molecule has 6 nitrogen and oxygen atoms in total. The standard InChI is InChI=1S/C17H26N6/c1-13-18-9-15(12-21(2)3)17(20-13)16-6-5-7-23(16)11-14-8-19-22(4)10-14/h8-10,16H,5-7,11-12H2,1-4H3. The number of hydrogen-bond donors (Lipinski definition) is 0. The van der Waals surface area contributed by atoms with E-state index in [9.17, 15) is 0 Å². The topological polar surface area (TPSA) is 50.1 Å². The molecule has 1 aliphatic heterocycles. The highest BCUT2D eigenvalue weighted by Gasteiger charge is 2.29. The van der Waals surface area contributed by atoms with Crippen LogP contribution in [0.1, 0.15) is 41.5 Å². The van der Waals surface area contributed by atoms with Gasteiger partial charge in [-0.3, -0.25) is 9.58 Å². The van der Waals surface area contributed by atoms with E-state index in [1.54, 1.807) is 0 Å². The molecule has 0 saturated carbocycles. The number of hydrogen-bond acceptors (Lipinski definition) is 5. The van der Waals surface area contributed by atoms with Gasteiger partial charge in [-0.05, 0) is 40.4 Å². The zero-order valence-corrected chi connectivity index (χ0v) is 14.5. The molecule has 0 aliphatic carbocycles. The Morgan fingerprint density at radius 2 is 2.13 bits per heavy atom. The van der Waals surface area contributed by atoms with Crippen LogP contribution in [0.25, 0.3) is 0 Å². The summed E-state index contributed by atoms with van der Waals surface area (Å²) in [7, 11) is 6.14. The monoisotopic (exact) mass is 314 g/mol. The summed E-state index contributed by atoms with van der Waals surface area (Å²) in [4.78, 5) is 13.9. The van der Waals surface area contributed by atoms with Gasteiger partial charge in [0, 0.05) is 43.7 Å². The van der Waals surface area contributed by atoms with Gasteiger partial charge in [0.2, 0.25) is 0 Å². The SMILES string of the molecule is Cc1ncc(CN(C)C)c(C2CCCN2Cc2cnn(C)c2)n1. The predicted molar refractivity (Wildman–Crippen MR) is 89.8 cm³/mol. The van der Waals surface area contributed by atoms with Crippen LogP contribution in [-0.2, 0) is 20.1 Å². The van der Waals surface area contributed by atoms with Crippen molar-refractivity contribution in [2.45, 2.75) is 38.9 Å². The Morgan fingerprint density at radius 3 is 2.83 bits per heavy atom. The highest BCUT2D eigenvalue weighted by atomic mass is 15.3. The highest BCUT2D eigenvalue weighted by Crippen LogP contribution is 2.34. The van der Waals surface area contributed by atoms with Crippen LogP contribution in [0.4, 0.5) is 0 Å². The van der Waals surface area contributed by atoms with Crippen molar-refractivity contribution >= 4 is 0 Å². The fourth-order valence-electron chi connectivity index (χ4n) is 3.38. The molecule has 0 N–H and O–H groups in total. The highest BCUT2D eigenvalue weighted by molar-refractivity contribution is 5.22. The maximum absolute atomic E-state index is 4.80. The maximum Gasteiger partial charge on any atom is 0.125 e. The van der Waals surface area contributed by atoms with Crippen LogP contribution in [0, 0.1) is 6.92 Å². The van der Waals surface area contributed by atoms with Gasteiger partial charge < -0.3 is 4.90 Å².